The van der Waals surface area contributed by atoms with Gasteiger partial charge >= 0.3 is 5.97 Å². The first kappa shape index (κ1) is 16.2. The number of halogens is 1. The van der Waals surface area contributed by atoms with Crippen molar-refractivity contribution < 1.29 is 22.7 Å². The van der Waals surface area contributed by atoms with E-state index in [0.29, 0.717) is 12.8 Å². The number of nitrogens with one attached hydrogen (secondary N) is 2. The average molecular weight is 329 g/mol. The van der Waals surface area contributed by atoms with Crippen LogP contribution in [0.15, 0.2) is 28.1 Å². The lowest BCUT2D eigenvalue weighted by Crippen LogP contribution is -2.42. The van der Waals surface area contributed by atoms with Gasteiger partial charge in [-0.3, -0.25) is 0 Å². The van der Waals surface area contributed by atoms with Gasteiger partial charge in [0.2, 0.25) is 5.96 Å². The molecule has 0 saturated heterocycles. The van der Waals surface area contributed by atoms with E-state index in [9.17, 15) is 17.6 Å². The van der Waals surface area contributed by atoms with Gasteiger partial charge in [0.1, 0.15) is 10.7 Å². The zero-order valence-corrected chi connectivity index (χ0v) is 12.7. The van der Waals surface area contributed by atoms with Crippen LogP contribution >= 0.6 is 0 Å². The molecule has 0 radical (unpaired) electrons. The predicted molar refractivity (Wildman–Crippen MR) is 78.7 cm³/mol. The lowest BCUT2D eigenvalue weighted by molar-refractivity contribution is -0.138. The summed E-state index contributed by atoms with van der Waals surface area (Å²) in [5.74, 6) is -1.99. The Hall–Kier alpha value is -2.16. The Kier molecular flexibility index (Phi) is 4.65. The summed E-state index contributed by atoms with van der Waals surface area (Å²) in [5, 5.41) is 11.8. The normalized spacial score (nSPS) is 18.9. The Morgan fingerprint density at radius 2 is 2.18 bits per heavy atom. The number of guanidine groups is 1. The van der Waals surface area contributed by atoms with Crippen molar-refractivity contribution >= 4 is 27.6 Å². The number of hydrogen-bond acceptors (Lipinski definition) is 4. The SMILES string of the molecule is CCCCC(N=C1Nc2ccc(F)cc2S(=O)(=O)N1)C(=O)O. The number of unbranched alkanes of at least 4 members (excludes halogenated alkanes) is 1. The van der Waals surface area contributed by atoms with Crippen LogP contribution in [-0.4, -0.2) is 31.5 Å². The van der Waals surface area contributed by atoms with E-state index >= 15 is 0 Å². The summed E-state index contributed by atoms with van der Waals surface area (Å²) in [6, 6.07) is 2.20. The second kappa shape index (κ2) is 6.30. The second-order valence-electron chi connectivity index (χ2n) is 4.84. The number of carbonyl (C=O) groups is 1. The van der Waals surface area contributed by atoms with Gasteiger partial charge in [-0.15, -0.1) is 0 Å². The number of rotatable bonds is 5. The highest BCUT2D eigenvalue weighted by molar-refractivity contribution is 7.90. The van der Waals surface area contributed by atoms with Gasteiger partial charge in [0, 0.05) is 0 Å². The van der Waals surface area contributed by atoms with Crippen molar-refractivity contribution in [3.05, 3.63) is 24.0 Å². The number of benzene rings is 1. The van der Waals surface area contributed by atoms with Crippen LogP contribution in [0.25, 0.3) is 0 Å². The van der Waals surface area contributed by atoms with Gasteiger partial charge in [0.15, 0.2) is 6.04 Å². The first-order valence-electron chi connectivity index (χ1n) is 6.73. The van der Waals surface area contributed by atoms with Crippen LogP contribution in [-0.2, 0) is 14.8 Å². The fourth-order valence-corrected chi connectivity index (χ4v) is 3.16. The Morgan fingerprint density at radius 3 is 2.82 bits per heavy atom. The number of anilines is 1. The number of aliphatic imine (C=N–C) groups is 1. The molecule has 7 nitrogen and oxygen atoms in total. The Labute approximate surface area is 127 Å². The van der Waals surface area contributed by atoms with Gasteiger partial charge in [0.25, 0.3) is 10.0 Å². The molecule has 0 saturated carbocycles. The molecule has 3 N–H and O–H groups in total. The zero-order chi connectivity index (χ0) is 16.3. The van der Waals surface area contributed by atoms with Gasteiger partial charge < -0.3 is 10.4 Å². The summed E-state index contributed by atoms with van der Waals surface area (Å²) in [7, 11) is -3.98. The van der Waals surface area contributed by atoms with Crippen molar-refractivity contribution in [2.75, 3.05) is 5.32 Å². The average Bonchev–Trinajstić information content (AvgIpc) is 2.43. The van der Waals surface area contributed by atoms with E-state index in [1.165, 1.54) is 6.07 Å². The number of nitrogens with zero attached hydrogens (tertiary/aromatic N) is 1. The van der Waals surface area contributed by atoms with E-state index in [-0.39, 0.29) is 16.5 Å². The van der Waals surface area contributed by atoms with Crippen molar-refractivity contribution in [2.24, 2.45) is 4.99 Å². The minimum atomic E-state index is -3.98. The smallest absolute Gasteiger partial charge is 0.328 e. The number of carboxylic acid groups (broad SMARTS) is 1. The molecule has 2 rings (SSSR count). The molecule has 22 heavy (non-hydrogen) atoms. The molecular weight excluding hydrogens is 313 g/mol. The topological polar surface area (TPSA) is 108 Å². The molecule has 0 aromatic heterocycles. The monoisotopic (exact) mass is 329 g/mol. The Balaban J connectivity index is 2.33. The summed E-state index contributed by atoms with van der Waals surface area (Å²) in [5.41, 5.74) is 0.151. The van der Waals surface area contributed by atoms with Crippen LogP contribution in [0.4, 0.5) is 10.1 Å². The molecule has 0 bridgehead atoms. The van der Waals surface area contributed by atoms with Crippen molar-refractivity contribution in [1.29, 1.82) is 0 Å². The summed E-state index contributed by atoms with van der Waals surface area (Å²) in [6.45, 7) is 1.92. The van der Waals surface area contributed by atoms with Crippen molar-refractivity contribution in [3.8, 4) is 0 Å². The van der Waals surface area contributed by atoms with Crippen LogP contribution in [0, 0.1) is 5.82 Å². The summed E-state index contributed by atoms with van der Waals surface area (Å²) in [6.07, 6.45) is 1.76. The lowest BCUT2D eigenvalue weighted by Gasteiger charge is -2.22. The predicted octanol–water partition coefficient (Wildman–Crippen LogP) is 1.53. The highest BCUT2D eigenvalue weighted by Crippen LogP contribution is 2.25. The molecular formula is C13H16FN3O4S. The molecule has 120 valence electrons. The van der Waals surface area contributed by atoms with Crippen LogP contribution in [0.1, 0.15) is 26.2 Å². The largest absolute Gasteiger partial charge is 0.480 e. The molecule has 1 aromatic rings. The van der Waals surface area contributed by atoms with Crippen LogP contribution in [0.2, 0.25) is 0 Å². The number of hydrogen-bond donors (Lipinski definition) is 3. The van der Waals surface area contributed by atoms with Crippen molar-refractivity contribution in [2.45, 2.75) is 37.1 Å². The molecule has 1 heterocycles. The van der Waals surface area contributed by atoms with Crippen LogP contribution in [0.5, 0.6) is 0 Å². The number of fused-ring (bicyclic) bond motifs is 1. The lowest BCUT2D eigenvalue weighted by atomic mass is 10.1. The van der Waals surface area contributed by atoms with Gasteiger partial charge in [-0.1, -0.05) is 19.8 Å². The number of carboxylic acids is 1. The quantitative estimate of drug-likeness (QED) is 0.759. The third-order valence-electron chi connectivity index (χ3n) is 3.12. The van der Waals surface area contributed by atoms with Crippen LogP contribution in [0.3, 0.4) is 0 Å². The molecule has 1 atom stereocenters. The molecule has 9 heteroatoms. The standard InChI is InChI=1S/C13H16FN3O4S/c1-2-3-4-10(12(18)19)16-13-15-9-6-5-8(14)7-11(9)22(20,21)17-13/h5-7,10H,2-4H2,1H3,(H,18,19)(H2,15,16,17). The Bertz CT molecular complexity index is 718. The van der Waals surface area contributed by atoms with Crippen molar-refractivity contribution in [3.63, 3.8) is 0 Å². The summed E-state index contributed by atoms with van der Waals surface area (Å²) < 4.78 is 39.4. The summed E-state index contributed by atoms with van der Waals surface area (Å²) in [4.78, 5) is 14.8. The second-order valence-corrected chi connectivity index (χ2v) is 6.50. The Morgan fingerprint density at radius 1 is 1.45 bits per heavy atom. The van der Waals surface area contributed by atoms with Crippen molar-refractivity contribution in [1.82, 2.24) is 4.72 Å². The number of aliphatic carboxylic acids is 1. The van der Waals surface area contributed by atoms with E-state index in [4.69, 9.17) is 5.11 Å². The molecule has 1 aliphatic heterocycles. The van der Waals surface area contributed by atoms with E-state index in [0.717, 1.165) is 18.6 Å². The van der Waals surface area contributed by atoms with E-state index in [1.807, 2.05) is 6.92 Å². The molecule has 1 aromatic carbocycles. The zero-order valence-electron chi connectivity index (χ0n) is 11.8. The molecule has 0 spiro atoms. The minimum Gasteiger partial charge on any atom is -0.480 e. The maximum atomic E-state index is 13.2. The van der Waals surface area contributed by atoms with Gasteiger partial charge in [-0.05, 0) is 24.6 Å². The highest BCUT2D eigenvalue weighted by atomic mass is 32.2. The van der Waals surface area contributed by atoms with E-state index in [1.54, 1.807) is 0 Å². The third kappa shape index (κ3) is 3.53. The maximum Gasteiger partial charge on any atom is 0.328 e. The first-order valence-corrected chi connectivity index (χ1v) is 8.22. The highest BCUT2D eigenvalue weighted by Gasteiger charge is 2.28. The molecule has 1 unspecified atom stereocenters. The summed E-state index contributed by atoms with van der Waals surface area (Å²) >= 11 is 0. The van der Waals surface area contributed by atoms with Gasteiger partial charge in [-0.2, -0.15) is 0 Å². The van der Waals surface area contributed by atoms with Gasteiger partial charge in [0.05, 0.1) is 5.69 Å². The molecule has 0 amide bonds. The molecule has 1 aliphatic rings. The van der Waals surface area contributed by atoms with E-state index < -0.39 is 27.9 Å². The maximum absolute atomic E-state index is 13.2. The van der Waals surface area contributed by atoms with Crippen LogP contribution < -0.4 is 10.0 Å². The molecule has 0 fully saturated rings. The minimum absolute atomic E-state index is 0.151. The fourth-order valence-electron chi connectivity index (χ4n) is 2.01. The first-order chi connectivity index (χ1) is 10.3. The number of sulfonamides is 1. The third-order valence-corrected chi connectivity index (χ3v) is 4.50. The molecule has 0 aliphatic carbocycles. The van der Waals surface area contributed by atoms with Gasteiger partial charge in [-0.25, -0.2) is 27.3 Å². The van der Waals surface area contributed by atoms with E-state index in [2.05, 4.69) is 15.0 Å². The fraction of sp³-hybridized carbons (Fsp3) is 0.385.